The van der Waals surface area contributed by atoms with Gasteiger partial charge < -0.3 is 10.6 Å². The second-order valence-corrected chi connectivity index (χ2v) is 8.26. The minimum Gasteiger partial charge on any atom is -0.356 e. The maximum Gasteiger partial charge on any atom is 0.240 e. The molecule has 0 saturated heterocycles. The topological polar surface area (TPSA) is 95.5 Å². The fourth-order valence-electron chi connectivity index (χ4n) is 2.18. The summed E-state index contributed by atoms with van der Waals surface area (Å²) in [6.45, 7) is 3.18. The Balaban J connectivity index is 1.87. The van der Waals surface area contributed by atoms with Gasteiger partial charge in [0.05, 0.1) is 15.6 Å². The van der Waals surface area contributed by atoms with Gasteiger partial charge in [-0.2, -0.15) is 0 Å². The van der Waals surface area contributed by atoms with Crippen LogP contribution in [0, 0.1) is 6.92 Å². The van der Waals surface area contributed by atoms with E-state index in [4.69, 9.17) is 0 Å². The van der Waals surface area contributed by atoms with Crippen molar-refractivity contribution in [3.05, 3.63) is 45.9 Å². The molecule has 136 valence electrons. The average Bonchev–Trinajstić information content (AvgIpc) is 3.03. The minimum absolute atomic E-state index is 0.246. The van der Waals surface area contributed by atoms with Crippen LogP contribution in [-0.4, -0.2) is 40.0 Å². The fourth-order valence-corrected chi connectivity index (χ4v) is 3.63. The third-order valence-electron chi connectivity index (χ3n) is 3.50. The quantitative estimate of drug-likeness (QED) is 0.496. The number of aromatic nitrogens is 1. The van der Waals surface area contributed by atoms with Crippen LogP contribution in [0.15, 0.2) is 39.5 Å². The second kappa shape index (κ2) is 8.93. The molecule has 7 nitrogen and oxygen atoms in total. The Kier molecular flexibility index (Phi) is 6.91. The molecule has 2 rings (SSSR count). The van der Waals surface area contributed by atoms with Crippen LogP contribution in [0.5, 0.6) is 0 Å². The Morgan fingerprint density at radius 3 is 2.76 bits per heavy atom. The van der Waals surface area contributed by atoms with Crippen molar-refractivity contribution in [1.29, 1.82) is 0 Å². The van der Waals surface area contributed by atoms with Gasteiger partial charge in [0.25, 0.3) is 0 Å². The molecule has 0 bridgehead atoms. The predicted molar refractivity (Wildman–Crippen MR) is 101 cm³/mol. The first-order valence-corrected chi connectivity index (χ1v) is 10.2. The molecular weight excluding hydrogens is 358 g/mol. The molecule has 1 aromatic heterocycles. The fraction of sp³-hybridized carbons (Fsp3) is 0.375. The molecule has 25 heavy (non-hydrogen) atoms. The van der Waals surface area contributed by atoms with E-state index >= 15 is 0 Å². The van der Waals surface area contributed by atoms with Gasteiger partial charge in [0.15, 0.2) is 5.96 Å². The molecule has 0 amide bonds. The number of nitrogens with zero attached hydrogens (tertiary/aromatic N) is 2. The summed E-state index contributed by atoms with van der Waals surface area (Å²) in [5.74, 6) is 0.661. The van der Waals surface area contributed by atoms with Crippen molar-refractivity contribution >= 4 is 27.3 Å². The van der Waals surface area contributed by atoms with Crippen LogP contribution in [0.1, 0.15) is 16.3 Å². The lowest BCUT2D eigenvalue weighted by atomic mass is 10.2. The van der Waals surface area contributed by atoms with Crippen LogP contribution >= 0.6 is 11.3 Å². The van der Waals surface area contributed by atoms with E-state index in [2.05, 4.69) is 30.7 Å². The average molecular weight is 382 g/mol. The lowest BCUT2D eigenvalue weighted by Gasteiger charge is -2.12. The Hall–Kier alpha value is -1.97. The maximum atomic E-state index is 11.9. The molecule has 0 atom stereocenters. The van der Waals surface area contributed by atoms with Crippen molar-refractivity contribution in [1.82, 2.24) is 20.3 Å². The van der Waals surface area contributed by atoms with E-state index in [1.165, 1.54) is 7.05 Å². The Labute approximate surface area is 152 Å². The zero-order valence-corrected chi connectivity index (χ0v) is 16.2. The molecule has 0 radical (unpaired) electrons. The third-order valence-corrected chi connectivity index (χ3v) is 5.74. The van der Waals surface area contributed by atoms with E-state index in [0.717, 1.165) is 29.2 Å². The molecule has 0 aliphatic heterocycles. The lowest BCUT2D eigenvalue weighted by Crippen LogP contribution is -2.37. The van der Waals surface area contributed by atoms with Gasteiger partial charge >= 0.3 is 0 Å². The number of guanidine groups is 1. The van der Waals surface area contributed by atoms with Crippen molar-refractivity contribution in [3.63, 3.8) is 0 Å². The summed E-state index contributed by atoms with van der Waals surface area (Å²) >= 11 is 1.64. The van der Waals surface area contributed by atoms with Gasteiger partial charge in [0.2, 0.25) is 10.0 Å². The number of benzene rings is 1. The van der Waals surface area contributed by atoms with Gasteiger partial charge in [-0.05, 0) is 31.7 Å². The normalized spacial score (nSPS) is 12.2. The van der Waals surface area contributed by atoms with E-state index in [1.807, 2.05) is 13.0 Å². The van der Waals surface area contributed by atoms with E-state index < -0.39 is 10.0 Å². The Morgan fingerprint density at radius 2 is 2.12 bits per heavy atom. The van der Waals surface area contributed by atoms with Gasteiger partial charge in [-0.15, -0.1) is 11.3 Å². The van der Waals surface area contributed by atoms with Crippen LogP contribution in [0.4, 0.5) is 0 Å². The van der Waals surface area contributed by atoms with Crippen molar-refractivity contribution in [2.45, 2.75) is 24.8 Å². The monoisotopic (exact) mass is 381 g/mol. The zero-order valence-electron chi connectivity index (χ0n) is 14.5. The molecule has 1 heterocycles. The van der Waals surface area contributed by atoms with E-state index in [-0.39, 0.29) is 4.90 Å². The highest BCUT2D eigenvalue weighted by molar-refractivity contribution is 7.89. The summed E-state index contributed by atoms with van der Waals surface area (Å²) < 4.78 is 26.0. The number of rotatable bonds is 7. The zero-order chi connectivity index (χ0) is 18.3. The summed E-state index contributed by atoms with van der Waals surface area (Å²) in [6, 6.07) is 6.80. The largest absolute Gasteiger partial charge is 0.356 e. The molecule has 3 N–H and O–H groups in total. The van der Waals surface area contributed by atoms with Gasteiger partial charge in [-0.3, -0.25) is 4.99 Å². The molecule has 0 saturated carbocycles. The Morgan fingerprint density at radius 1 is 1.32 bits per heavy atom. The predicted octanol–water partition coefficient (Wildman–Crippen LogP) is 1.27. The van der Waals surface area contributed by atoms with Gasteiger partial charge in [0, 0.05) is 31.9 Å². The summed E-state index contributed by atoms with van der Waals surface area (Å²) in [6.07, 6.45) is 0.820. The number of hydrogen-bond donors (Lipinski definition) is 3. The van der Waals surface area contributed by atoms with E-state index in [9.17, 15) is 8.42 Å². The van der Waals surface area contributed by atoms with Gasteiger partial charge in [-0.25, -0.2) is 18.1 Å². The number of sulfonamides is 1. The first-order chi connectivity index (χ1) is 11.9. The standard InChI is InChI=1S/C16H23N5O2S2/c1-12-21-14(11-24-12)7-8-19-16(17-2)20-10-13-5-4-6-15(9-13)25(22,23)18-3/h4-6,9,11,18H,7-8,10H2,1-3H3,(H2,17,19,20). The lowest BCUT2D eigenvalue weighted by molar-refractivity contribution is 0.588. The summed E-state index contributed by atoms with van der Waals surface area (Å²) in [5, 5.41) is 9.53. The minimum atomic E-state index is -3.44. The molecule has 0 fully saturated rings. The van der Waals surface area contributed by atoms with Crippen LogP contribution in [0.25, 0.3) is 0 Å². The summed E-state index contributed by atoms with van der Waals surface area (Å²) in [5.41, 5.74) is 1.92. The van der Waals surface area contributed by atoms with Crippen molar-refractivity contribution in [3.8, 4) is 0 Å². The maximum absolute atomic E-state index is 11.9. The van der Waals surface area contributed by atoms with Crippen molar-refractivity contribution in [2.75, 3.05) is 20.6 Å². The molecule has 0 spiro atoms. The smallest absolute Gasteiger partial charge is 0.240 e. The highest BCUT2D eigenvalue weighted by atomic mass is 32.2. The van der Waals surface area contributed by atoms with Crippen LogP contribution in [0.2, 0.25) is 0 Å². The molecule has 2 aromatic rings. The molecule has 9 heteroatoms. The molecular formula is C16H23N5O2S2. The van der Waals surface area contributed by atoms with Crippen molar-refractivity contribution in [2.24, 2.45) is 4.99 Å². The van der Waals surface area contributed by atoms with Crippen LogP contribution in [0.3, 0.4) is 0 Å². The first-order valence-electron chi connectivity index (χ1n) is 7.82. The number of nitrogens with one attached hydrogen (secondary N) is 3. The van der Waals surface area contributed by atoms with Gasteiger partial charge in [-0.1, -0.05) is 12.1 Å². The summed E-state index contributed by atoms with van der Waals surface area (Å²) in [7, 11) is -0.340. The highest BCUT2D eigenvalue weighted by Crippen LogP contribution is 2.11. The van der Waals surface area contributed by atoms with Crippen molar-refractivity contribution < 1.29 is 8.42 Å². The first kappa shape index (κ1) is 19.4. The number of aliphatic imine (C=N–C) groups is 1. The molecule has 1 aromatic carbocycles. The van der Waals surface area contributed by atoms with Crippen LogP contribution in [-0.2, 0) is 23.0 Å². The Bertz CT molecular complexity index is 831. The number of thiazole rings is 1. The summed E-state index contributed by atoms with van der Waals surface area (Å²) in [4.78, 5) is 8.84. The second-order valence-electron chi connectivity index (χ2n) is 5.32. The number of hydrogen-bond acceptors (Lipinski definition) is 5. The molecule has 0 aliphatic carbocycles. The number of aryl methyl sites for hydroxylation is 1. The third kappa shape index (κ3) is 5.80. The van der Waals surface area contributed by atoms with Crippen LogP contribution < -0.4 is 15.4 Å². The highest BCUT2D eigenvalue weighted by Gasteiger charge is 2.11. The van der Waals surface area contributed by atoms with Gasteiger partial charge in [0.1, 0.15) is 0 Å². The van der Waals surface area contributed by atoms with E-state index in [1.54, 1.807) is 36.6 Å². The molecule has 0 aliphatic rings. The van der Waals surface area contributed by atoms with E-state index in [0.29, 0.717) is 12.5 Å². The SMILES string of the molecule is CN=C(NCCc1csc(C)n1)NCc1cccc(S(=O)(=O)NC)c1. The molecule has 0 unspecified atom stereocenters.